The maximum Gasteiger partial charge on any atom is 0.269 e. The largest absolute Gasteiger partial charge is 0.371 e. The highest BCUT2D eigenvalue weighted by molar-refractivity contribution is 5.57. The molecule has 1 aliphatic carbocycles. The highest BCUT2D eigenvalue weighted by Gasteiger charge is 2.24. The molecule has 0 unspecified atom stereocenters. The van der Waals surface area contributed by atoms with Gasteiger partial charge in [0.15, 0.2) is 0 Å². The van der Waals surface area contributed by atoms with Gasteiger partial charge in [0.2, 0.25) is 0 Å². The summed E-state index contributed by atoms with van der Waals surface area (Å²) >= 11 is 0. The summed E-state index contributed by atoms with van der Waals surface area (Å²) in [5.74, 6) is 0. The van der Waals surface area contributed by atoms with E-state index < -0.39 is 0 Å². The molecule has 0 atom stereocenters. The number of non-ortho nitro benzene ring substituents is 1. The SMILES string of the molecule is CNC1CCC(N(C)c2ccc([N+](=O)[O-])cc2C)CC1. The second-order valence-electron chi connectivity index (χ2n) is 5.63. The van der Waals surface area contributed by atoms with Crippen molar-refractivity contribution in [2.45, 2.75) is 44.7 Å². The van der Waals surface area contributed by atoms with E-state index in [-0.39, 0.29) is 10.6 Å². The van der Waals surface area contributed by atoms with Gasteiger partial charge in [0.05, 0.1) is 4.92 Å². The number of rotatable bonds is 4. The number of nitro benzene ring substituents is 1. The second-order valence-corrected chi connectivity index (χ2v) is 5.63. The van der Waals surface area contributed by atoms with Gasteiger partial charge in [0.25, 0.3) is 5.69 Å². The second kappa shape index (κ2) is 6.22. The van der Waals surface area contributed by atoms with Gasteiger partial charge in [0, 0.05) is 37.0 Å². The number of aryl methyl sites for hydroxylation is 1. The summed E-state index contributed by atoms with van der Waals surface area (Å²) in [6, 6.07) is 6.29. The number of nitrogens with one attached hydrogen (secondary N) is 1. The normalized spacial score (nSPS) is 22.6. The van der Waals surface area contributed by atoms with E-state index >= 15 is 0 Å². The lowest BCUT2D eigenvalue weighted by Crippen LogP contribution is -2.40. The molecule has 0 heterocycles. The van der Waals surface area contributed by atoms with Crippen molar-refractivity contribution in [3.63, 3.8) is 0 Å². The van der Waals surface area contributed by atoms with Gasteiger partial charge in [-0.25, -0.2) is 0 Å². The highest BCUT2D eigenvalue weighted by atomic mass is 16.6. The van der Waals surface area contributed by atoms with Gasteiger partial charge in [-0.05, 0) is 51.3 Å². The van der Waals surface area contributed by atoms with Crippen molar-refractivity contribution in [1.82, 2.24) is 5.32 Å². The minimum atomic E-state index is -0.338. The molecule has 1 fully saturated rings. The van der Waals surface area contributed by atoms with Gasteiger partial charge < -0.3 is 10.2 Å². The minimum Gasteiger partial charge on any atom is -0.371 e. The molecule has 1 aromatic carbocycles. The van der Waals surface area contributed by atoms with Crippen molar-refractivity contribution in [3.05, 3.63) is 33.9 Å². The maximum absolute atomic E-state index is 10.8. The van der Waals surface area contributed by atoms with Crippen LogP contribution in [-0.4, -0.2) is 31.1 Å². The van der Waals surface area contributed by atoms with Crippen LogP contribution in [0.3, 0.4) is 0 Å². The molecule has 0 bridgehead atoms. The summed E-state index contributed by atoms with van der Waals surface area (Å²) in [5, 5.41) is 14.1. The Morgan fingerprint density at radius 2 is 1.95 bits per heavy atom. The number of nitro groups is 1. The van der Waals surface area contributed by atoms with Crippen LogP contribution in [0.25, 0.3) is 0 Å². The van der Waals surface area contributed by atoms with E-state index in [1.54, 1.807) is 12.1 Å². The Kier molecular flexibility index (Phi) is 4.60. The zero-order chi connectivity index (χ0) is 14.7. The standard InChI is InChI=1S/C15H23N3O2/c1-11-10-14(18(19)20)8-9-15(11)17(3)13-6-4-12(16-2)5-7-13/h8-10,12-13,16H,4-7H2,1-3H3. The van der Waals surface area contributed by atoms with Gasteiger partial charge in [-0.15, -0.1) is 0 Å². The molecule has 110 valence electrons. The molecule has 1 aliphatic rings. The first-order valence-electron chi connectivity index (χ1n) is 7.18. The lowest BCUT2D eigenvalue weighted by molar-refractivity contribution is -0.384. The van der Waals surface area contributed by atoms with Crippen LogP contribution in [0, 0.1) is 17.0 Å². The topological polar surface area (TPSA) is 58.4 Å². The van der Waals surface area contributed by atoms with Crippen molar-refractivity contribution in [1.29, 1.82) is 0 Å². The van der Waals surface area contributed by atoms with E-state index in [1.807, 2.05) is 20.0 Å². The summed E-state index contributed by atoms with van der Waals surface area (Å²) in [5.41, 5.74) is 2.24. The van der Waals surface area contributed by atoms with E-state index in [4.69, 9.17) is 0 Å². The van der Waals surface area contributed by atoms with E-state index in [1.165, 1.54) is 25.7 Å². The fraction of sp³-hybridized carbons (Fsp3) is 0.600. The molecule has 0 aromatic heterocycles. The van der Waals surface area contributed by atoms with Crippen LogP contribution in [0.5, 0.6) is 0 Å². The van der Waals surface area contributed by atoms with Crippen molar-refractivity contribution in [2.75, 3.05) is 19.0 Å². The molecule has 0 aliphatic heterocycles. The molecule has 1 saturated carbocycles. The Balaban J connectivity index is 2.09. The quantitative estimate of drug-likeness (QED) is 0.679. The van der Waals surface area contributed by atoms with Gasteiger partial charge in [-0.1, -0.05) is 0 Å². The summed E-state index contributed by atoms with van der Waals surface area (Å²) in [6.45, 7) is 1.94. The fourth-order valence-electron chi connectivity index (χ4n) is 3.10. The molecule has 0 amide bonds. The Hall–Kier alpha value is -1.62. The van der Waals surface area contributed by atoms with Crippen LogP contribution in [0.2, 0.25) is 0 Å². The molecule has 0 saturated heterocycles. The zero-order valence-electron chi connectivity index (χ0n) is 12.4. The van der Waals surface area contributed by atoms with Crippen LogP contribution >= 0.6 is 0 Å². The number of anilines is 1. The lowest BCUT2D eigenvalue weighted by Gasteiger charge is -2.36. The fourth-order valence-corrected chi connectivity index (χ4v) is 3.10. The molecule has 1 N–H and O–H groups in total. The number of hydrogen-bond acceptors (Lipinski definition) is 4. The first-order chi connectivity index (χ1) is 9.52. The maximum atomic E-state index is 10.8. The number of hydrogen-bond donors (Lipinski definition) is 1. The van der Waals surface area contributed by atoms with Crippen LogP contribution in [0.4, 0.5) is 11.4 Å². The van der Waals surface area contributed by atoms with Crippen LogP contribution in [0.1, 0.15) is 31.2 Å². The van der Waals surface area contributed by atoms with E-state index in [0.29, 0.717) is 12.1 Å². The zero-order valence-corrected chi connectivity index (χ0v) is 12.4. The molecule has 0 spiro atoms. The monoisotopic (exact) mass is 277 g/mol. The van der Waals surface area contributed by atoms with Gasteiger partial charge >= 0.3 is 0 Å². The van der Waals surface area contributed by atoms with E-state index in [0.717, 1.165) is 11.3 Å². The van der Waals surface area contributed by atoms with Crippen molar-refractivity contribution in [2.24, 2.45) is 0 Å². The number of benzene rings is 1. The first-order valence-corrected chi connectivity index (χ1v) is 7.18. The molecule has 1 aromatic rings. The first kappa shape index (κ1) is 14.8. The summed E-state index contributed by atoms with van der Waals surface area (Å²) < 4.78 is 0. The van der Waals surface area contributed by atoms with Crippen LogP contribution in [0.15, 0.2) is 18.2 Å². The Labute approximate surface area is 120 Å². The van der Waals surface area contributed by atoms with Crippen LogP contribution in [-0.2, 0) is 0 Å². The Bertz CT molecular complexity index is 482. The average molecular weight is 277 g/mol. The highest BCUT2D eigenvalue weighted by Crippen LogP contribution is 2.30. The van der Waals surface area contributed by atoms with Crippen molar-refractivity contribution < 1.29 is 4.92 Å². The van der Waals surface area contributed by atoms with Crippen molar-refractivity contribution >= 4 is 11.4 Å². The molecule has 5 heteroatoms. The molecular formula is C15H23N3O2. The van der Waals surface area contributed by atoms with Crippen LogP contribution < -0.4 is 10.2 Å². The minimum absolute atomic E-state index is 0.165. The Morgan fingerprint density at radius 3 is 2.45 bits per heavy atom. The molecule has 20 heavy (non-hydrogen) atoms. The average Bonchev–Trinajstić information content (AvgIpc) is 2.46. The van der Waals surface area contributed by atoms with Gasteiger partial charge in [-0.2, -0.15) is 0 Å². The third kappa shape index (κ3) is 3.10. The summed E-state index contributed by atoms with van der Waals surface area (Å²) in [6.07, 6.45) is 4.71. The molecule has 0 radical (unpaired) electrons. The van der Waals surface area contributed by atoms with Crippen molar-refractivity contribution in [3.8, 4) is 0 Å². The number of nitrogens with zero attached hydrogens (tertiary/aromatic N) is 2. The third-order valence-electron chi connectivity index (χ3n) is 4.42. The summed E-state index contributed by atoms with van der Waals surface area (Å²) in [7, 11) is 4.12. The van der Waals surface area contributed by atoms with E-state index in [2.05, 4.69) is 17.3 Å². The summed E-state index contributed by atoms with van der Waals surface area (Å²) in [4.78, 5) is 12.7. The van der Waals surface area contributed by atoms with E-state index in [9.17, 15) is 10.1 Å². The smallest absolute Gasteiger partial charge is 0.269 e. The predicted molar refractivity (Wildman–Crippen MR) is 81.3 cm³/mol. The van der Waals surface area contributed by atoms with Gasteiger partial charge in [0.1, 0.15) is 0 Å². The Morgan fingerprint density at radius 1 is 1.30 bits per heavy atom. The molecule has 2 rings (SSSR count). The lowest BCUT2D eigenvalue weighted by atomic mass is 9.90. The molecule has 5 nitrogen and oxygen atoms in total. The predicted octanol–water partition coefficient (Wildman–Crippen LogP) is 2.87. The van der Waals surface area contributed by atoms with Gasteiger partial charge in [-0.3, -0.25) is 10.1 Å². The molecular weight excluding hydrogens is 254 g/mol. The third-order valence-corrected chi connectivity index (χ3v) is 4.42.